The summed E-state index contributed by atoms with van der Waals surface area (Å²) in [5.74, 6) is 5.55. The van der Waals surface area contributed by atoms with Crippen molar-refractivity contribution in [3.8, 4) is 0 Å². The number of carbonyl (C=O) groups is 1. The third-order valence-electron chi connectivity index (χ3n) is 2.49. The molecule has 1 amide bonds. The highest BCUT2D eigenvalue weighted by molar-refractivity contribution is 6.05. The summed E-state index contributed by atoms with van der Waals surface area (Å²) in [5, 5.41) is 0. The minimum atomic E-state index is -0.151. The first-order chi connectivity index (χ1) is 8.72. The molecule has 0 radical (unpaired) electrons. The first kappa shape index (κ1) is 12.0. The molecule has 2 heterocycles. The van der Waals surface area contributed by atoms with Gasteiger partial charge in [0.1, 0.15) is 5.82 Å². The standard InChI is InChI=1S/C12H13N5O/c1-17(10-3-2-5-14-8-10)12(18)9-4-6-15-11(7-9)16-13/h2-8H,13H2,1H3,(H,15,16). The highest BCUT2D eigenvalue weighted by Crippen LogP contribution is 2.14. The summed E-state index contributed by atoms with van der Waals surface area (Å²) in [7, 11) is 1.69. The van der Waals surface area contributed by atoms with E-state index in [0.717, 1.165) is 5.69 Å². The van der Waals surface area contributed by atoms with Crippen molar-refractivity contribution in [1.82, 2.24) is 9.97 Å². The van der Waals surface area contributed by atoms with Crippen molar-refractivity contribution in [2.45, 2.75) is 0 Å². The monoisotopic (exact) mass is 243 g/mol. The van der Waals surface area contributed by atoms with Crippen molar-refractivity contribution in [3.05, 3.63) is 48.4 Å². The van der Waals surface area contributed by atoms with E-state index in [-0.39, 0.29) is 5.91 Å². The Kier molecular flexibility index (Phi) is 3.49. The summed E-state index contributed by atoms with van der Waals surface area (Å²) >= 11 is 0. The van der Waals surface area contributed by atoms with Crippen LogP contribution in [0.25, 0.3) is 0 Å². The van der Waals surface area contributed by atoms with Crippen LogP contribution in [0, 0.1) is 0 Å². The quantitative estimate of drug-likeness (QED) is 0.621. The van der Waals surface area contributed by atoms with Crippen molar-refractivity contribution >= 4 is 17.4 Å². The van der Waals surface area contributed by atoms with Gasteiger partial charge in [-0.25, -0.2) is 10.8 Å². The fraction of sp³-hybridized carbons (Fsp3) is 0.0833. The molecule has 0 aliphatic carbocycles. The maximum atomic E-state index is 12.2. The molecular formula is C12H13N5O. The second kappa shape index (κ2) is 5.24. The Bertz CT molecular complexity index is 543. The SMILES string of the molecule is CN(C(=O)c1ccnc(NN)c1)c1cccnc1. The molecule has 2 aromatic rings. The molecule has 0 saturated heterocycles. The van der Waals surface area contributed by atoms with Gasteiger partial charge in [0.2, 0.25) is 0 Å². The lowest BCUT2D eigenvalue weighted by molar-refractivity contribution is 0.0993. The number of anilines is 2. The van der Waals surface area contributed by atoms with Gasteiger partial charge in [-0.1, -0.05) is 0 Å². The summed E-state index contributed by atoms with van der Waals surface area (Å²) in [5.41, 5.74) is 3.63. The normalized spacial score (nSPS) is 9.89. The second-order valence-corrected chi connectivity index (χ2v) is 3.65. The van der Waals surface area contributed by atoms with Crippen molar-refractivity contribution < 1.29 is 4.79 Å². The molecule has 18 heavy (non-hydrogen) atoms. The van der Waals surface area contributed by atoms with E-state index in [9.17, 15) is 4.79 Å². The molecule has 2 rings (SSSR count). The summed E-state index contributed by atoms with van der Waals surface area (Å²) in [6.07, 6.45) is 4.81. The third-order valence-corrected chi connectivity index (χ3v) is 2.49. The molecule has 6 nitrogen and oxygen atoms in total. The number of hydrogen-bond donors (Lipinski definition) is 2. The Morgan fingerprint density at radius 3 is 2.89 bits per heavy atom. The van der Waals surface area contributed by atoms with E-state index in [1.807, 2.05) is 6.07 Å². The molecule has 0 spiro atoms. The minimum Gasteiger partial charge on any atom is -0.310 e. The van der Waals surface area contributed by atoms with E-state index in [1.165, 1.54) is 11.1 Å². The molecule has 0 aliphatic heterocycles. The van der Waals surface area contributed by atoms with Gasteiger partial charge in [0.05, 0.1) is 11.9 Å². The molecule has 92 valence electrons. The zero-order chi connectivity index (χ0) is 13.0. The lowest BCUT2D eigenvalue weighted by Gasteiger charge is -2.16. The van der Waals surface area contributed by atoms with Crippen LogP contribution < -0.4 is 16.2 Å². The maximum absolute atomic E-state index is 12.2. The highest BCUT2D eigenvalue weighted by atomic mass is 16.2. The summed E-state index contributed by atoms with van der Waals surface area (Å²) in [6.45, 7) is 0. The average Bonchev–Trinajstić information content (AvgIpc) is 2.46. The van der Waals surface area contributed by atoms with Gasteiger partial charge in [0, 0.05) is 25.0 Å². The van der Waals surface area contributed by atoms with Crippen molar-refractivity contribution in [2.75, 3.05) is 17.4 Å². The lowest BCUT2D eigenvalue weighted by Crippen LogP contribution is -2.26. The van der Waals surface area contributed by atoms with Gasteiger partial charge >= 0.3 is 0 Å². The Labute approximate surface area is 104 Å². The largest absolute Gasteiger partial charge is 0.310 e. The Balaban J connectivity index is 2.25. The predicted octanol–water partition coefficient (Wildman–Crippen LogP) is 1.04. The zero-order valence-corrected chi connectivity index (χ0v) is 9.87. The van der Waals surface area contributed by atoms with Gasteiger partial charge < -0.3 is 10.3 Å². The number of hydrogen-bond acceptors (Lipinski definition) is 5. The van der Waals surface area contributed by atoms with Gasteiger partial charge in [0.15, 0.2) is 0 Å². The van der Waals surface area contributed by atoms with E-state index in [0.29, 0.717) is 11.4 Å². The van der Waals surface area contributed by atoms with Crippen LogP contribution in [0.3, 0.4) is 0 Å². The number of nitrogens with one attached hydrogen (secondary N) is 1. The third kappa shape index (κ3) is 2.44. The number of rotatable bonds is 3. The van der Waals surface area contributed by atoms with Crippen LogP contribution in [0.1, 0.15) is 10.4 Å². The number of nitrogen functional groups attached to an aromatic ring is 1. The van der Waals surface area contributed by atoms with Gasteiger partial charge in [-0.05, 0) is 24.3 Å². The molecule has 0 bridgehead atoms. The average molecular weight is 243 g/mol. The molecule has 0 fully saturated rings. The van der Waals surface area contributed by atoms with E-state index in [2.05, 4.69) is 15.4 Å². The Hall–Kier alpha value is -2.47. The van der Waals surface area contributed by atoms with Crippen LogP contribution in [0.4, 0.5) is 11.5 Å². The topological polar surface area (TPSA) is 84.1 Å². The first-order valence-corrected chi connectivity index (χ1v) is 5.33. The molecular weight excluding hydrogens is 230 g/mol. The first-order valence-electron chi connectivity index (χ1n) is 5.33. The van der Waals surface area contributed by atoms with Crippen LogP contribution in [-0.2, 0) is 0 Å². The molecule has 3 N–H and O–H groups in total. The summed E-state index contributed by atoms with van der Waals surface area (Å²) in [4.78, 5) is 21.7. The molecule has 0 aliphatic rings. The molecule has 2 aromatic heterocycles. The maximum Gasteiger partial charge on any atom is 0.258 e. The number of carbonyl (C=O) groups excluding carboxylic acids is 1. The molecule has 0 saturated carbocycles. The minimum absolute atomic E-state index is 0.151. The van der Waals surface area contributed by atoms with Crippen LogP contribution in [-0.4, -0.2) is 22.9 Å². The number of hydrazine groups is 1. The number of nitrogens with two attached hydrogens (primary N) is 1. The molecule has 0 atom stereocenters. The number of aromatic nitrogens is 2. The number of pyridine rings is 2. The van der Waals surface area contributed by atoms with Crippen LogP contribution in [0.5, 0.6) is 0 Å². The Morgan fingerprint density at radius 2 is 2.22 bits per heavy atom. The van der Waals surface area contributed by atoms with Crippen molar-refractivity contribution in [3.63, 3.8) is 0 Å². The van der Waals surface area contributed by atoms with Crippen LogP contribution in [0.2, 0.25) is 0 Å². The van der Waals surface area contributed by atoms with E-state index in [4.69, 9.17) is 5.84 Å². The lowest BCUT2D eigenvalue weighted by atomic mass is 10.2. The smallest absolute Gasteiger partial charge is 0.258 e. The predicted molar refractivity (Wildman–Crippen MR) is 69.0 cm³/mol. The number of amides is 1. The van der Waals surface area contributed by atoms with Gasteiger partial charge in [-0.2, -0.15) is 0 Å². The van der Waals surface area contributed by atoms with Gasteiger partial charge in [0.25, 0.3) is 5.91 Å². The summed E-state index contributed by atoms with van der Waals surface area (Å²) < 4.78 is 0. The van der Waals surface area contributed by atoms with E-state index in [1.54, 1.807) is 37.6 Å². The van der Waals surface area contributed by atoms with Gasteiger partial charge in [-0.3, -0.25) is 9.78 Å². The second-order valence-electron chi connectivity index (χ2n) is 3.65. The Morgan fingerprint density at radius 1 is 1.39 bits per heavy atom. The summed E-state index contributed by atoms with van der Waals surface area (Å²) in [6, 6.07) is 6.82. The fourth-order valence-corrected chi connectivity index (χ4v) is 1.51. The zero-order valence-electron chi connectivity index (χ0n) is 9.87. The van der Waals surface area contributed by atoms with Crippen LogP contribution >= 0.6 is 0 Å². The van der Waals surface area contributed by atoms with Crippen molar-refractivity contribution in [2.24, 2.45) is 5.84 Å². The molecule has 0 unspecified atom stereocenters. The van der Waals surface area contributed by atoms with E-state index < -0.39 is 0 Å². The van der Waals surface area contributed by atoms with Crippen molar-refractivity contribution in [1.29, 1.82) is 0 Å². The molecule has 6 heteroatoms. The highest BCUT2D eigenvalue weighted by Gasteiger charge is 2.13. The molecule has 0 aromatic carbocycles. The fourth-order valence-electron chi connectivity index (χ4n) is 1.51. The van der Waals surface area contributed by atoms with Gasteiger partial charge in [-0.15, -0.1) is 0 Å². The van der Waals surface area contributed by atoms with Crippen LogP contribution in [0.15, 0.2) is 42.9 Å². The number of nitrogens with zero attached hydrogens (tertiary/aromatic N) is 3. The van der Waals surface area contributed by atoms with E-state index >= 15 is 0 Å².